The molecule has 1 saturated heterocycles. The van der Waals surface area contributed by atoms with E-state index >= 15 is 0 Å². The lowest BCUT2D eigenvalue weighted by atomic mass is 9.97. The zero-order valence-electron chi connectivity index (χ0n) is 9.03. The van der Waals surface area contributed by atoms with Crippen molar-refractivity contribution in [2.45, 2.75) is 25.8 Å². The maximum absolute atomic E-state index is 11.3. The summed E-state index contributed by atoms with van der Waals surface area (Å²) in [6, 6.07) is -0.130. The molecule has 0 amide bonds. The van der Waals surface area contributed by atoms with Gasteiger partial charge in [0.25, 0.3) is 0 Å². The van der Waals surface area contributed by atoms with Gasteiger partial charge in [-0.15, -0.1) is 0 Å². The van der Waals surface area contributed by atoms with Crippen molar-refractivity contribution in [3.05, 3.63) is 0 Å². The number of carbonyl (C=O) groups is 1. The molecule has 2 atom stereocenters. The normalized spacial score (nSPS) is 25.8. The molecule has 4 heteroatoms. The summed E-state index contributed by atoms with van der Waals surface area (Å²) in [6.07, 6.45) is 2.31. The van der Waals surface area contributed by atoms with Crippen LogP contribution >= 0.6 is 0 Å². The number of hydrogen-bond donors (Lipinski definition) is 1. The van der Waals surface area contributed by atoms with Gasteiger partial charge < -0.3 is 10.5 Å². The highest BCUT2D eigenvalue weighted by molar-refractivity contribution is 5.75. The second kappa shape index (κ2) is 5.32. The first-order valence-electron chi connectivity index (χ1n) is 5.21. The third-order valence-electron chi connectivity index (χ3n) is 2.97. The van der Waals surface area contributed by atoms with E-state index in [-0.39, 0.29) is 12.0 Å². The minimum atomic E-state index is -0.150. The number of nitrogens with zero attached hydrogens (tertiary/aromatic N) is 1. The van der Waals surface area contributed by atoms with Gasteiger partial charge in [0.1, 0.15) is 6.04 Å². The molecule has 0 aromatic rings. The van der Waals surface area contributed by atoms with Crippen LogP contribution in [0.1, 0.15) is 19.8 Å². The molecule has 1 aliphatic heterocycles. The summed E-state index contributed by atoms with van der Waals surface area (Å²) in [5.74, 6) is 0.388. The smallest absolute Gasteiger partial charge is 0.322 e. The van der Waals surface area contributed by atoms with Crippen LogP contribution in [0.3, 0.4) is 0 Å². The van der Waals surface area contributed by atoms with Crippen LogP contribution in [0.5, 0.6) is 0 Å². The highest BCUT2D eigenvalue weighted by Gasteiger charge is 2.26. The van der Waals surface area contributed by atoms with Gasteiger partial charge in [0, 0.05) is 6.54 Å². The molecule has 0 saturated carbocycles. The first kappa shape index (κ1) is 11.5. The quantitative estimate of drug-likeness (QED) is 0.662. The Bertz CT molecular complexity index is 197. The topological polar surface area (TPSA) is 55.6 Å². The molecule has 0 radical (unpaired) electrons. The summed E-state index contributed by atoms with van der Waals surface area (Å²) in [5, 5.41) is 0. The van der Waals surface area contributed by atoms with Crippen LogP contribution in [0, 0.1) is 5.92 Å². The number of nitrogens with two attached hydrogens (primary N) is 1. The SMILES string of the molecule is COC(=O)C(C)N1CCCC(CN)C1. The molecule has 0 aliphatic carbocycles. The lowest BCUT2D eigenvalue weighted by molar-refractivity contribution is -0.147. The third-order valence-corrected chi connectivity index (χ3v) is 2.97. The van der Waals surface area contributed by atoms with E-state index in [0.29, 0.717) is 12.5 Å². The van der Waals surface area contributed by atoms with Crippen LogP contribution in [0.4, 0.5) is 0 Å². The summed E-state index contributed by atoms with van der Waals surface area (Å²) in [6.45, 7) is 4.51. The first-order valence-corrected chi connectivity index (χ1v) is 5.21. The first-order chi connectivity index (χ1) is 6.69. The third kappa shape index (κ3) is 2.69. The average molecular weight is 200 g/mol. The van der Waals surface area contributed by atoms with Gasteiger partial charge in [-0.2, -0.15) is 0 Å². The zero-order chi connectivity index (χ0) is 10.6. The molecular weight excluding hydrogens is 180 g/mol. The largest absolute Gasteiger partial charge is 0.468 e. The van der Waals surface area contributed by atoms with Gasteiger partial charge in [0.05, 0.1) is 7.11 Å². The predicted molar refractivity (Wildman–Crippen MR) is 54.8 cm³/mol. The molecule has 2 N–H and O–H groups in total. The number of ether oxygens (including phenoxy) is 1. The Morgan fingerprint density at radius 3 is 3.00 bits per heavy atom. The molecule has 0 aromatic heterocycles. The summed E-state index contributed by atoms with van der Waals surface area (Å²) in [4.78, 5) is 13.5. The molecular formula is C10H20N2O2. The number of carbonyl (C=O) groups excluding carboxylic acids is 1. The van der Waals surface area contributed by atoms with Gasteiger partial charge in [-0.05, 0) is 38.8 Å². The molecule has 82 valence electrons. The number of likely N-dealkylation sites (tertiary alicyclic amines) is 1. The fourth-order valence-corrected chi connectivity index (χ4v) is 1.96. The number of rotatable bonds is 3. The van der Waals surface area contributed by atoms with Crippen LogP contribution in [0.15, 0.2) is 0 Å². The molecule has 1 heterocycles. The van der Waals surface area contributed by atoms with Gasteiger partial charge in [0.15, 0.2) is 0 Å². The van der Waals surface area contributed by atoms with Crippen molar-refractivity contribution in [2.75, 3.05) is 26.7 Å². The Balaban J connectivity index is 2.46. The Hall–Kier alpha value is -0.610. The van der Waals surface area contributed by atoms with E-state index in [0.717, 1.165) is 19.5 Å². The lowest BCUT2D eigenvalue weighted by Gasteiger charge is -2.34. The van der Waals surface area contributed by atoms with Crippen molar-refractivity contribution in [1.29, 1.82) is 0 Å². The number of hydrogen-bond acceptors (Lipinski definition) is 4. The van der Waals surface area contributed by atoms with E-state index in [1.807, 2.05) is 6.92 Å². The number of esters is 1. The van der Waals surface area contributed by atoms with Gasteiger partial charge in [-0.1, -0.05) is 0 Å². The van der Waals surface area contributed by atoms with Gasteiger partial charge in [-0.3, -0.25) is 9.69 Å². The van der Waals surface area contributed by atoms with Gasteiger partial charge in [-0.25, -0.2) is 0 Å². The fraction of sp³-hybridized carbons (Fsp3) is 0.900. The minimum absolute atomic E-state index is 0.130. The molecule has 1 fully saturated rings. The zero-order valence-corrected chi connectivity index (χ0v) is 9.03. The molecule has 2 unspecified atom stereocenters. The maximum Gasteiger partial charge on any atom is 0.322 e. The highest BCUT2D eigenvalue weighted by Crippen LogP contribution is 2.17. The second-order valence-electron chi connectivity index (χ2n) is 3.94. The number of methoxy groups -OCH3 is 1. The van der Waals surface area contributed by atoms with Crippen LogP contribution in [-0.4, -0.2) is 43.7 Å². The van der Waals surface area contributed by atoms with Crippen molar-refractivity contribution in [3.63, 3.8) is 0 Å². The number of piperidine rings is 1. The second-order valence-corrected chi connectivity index (χ2v) is 3.94. The molecule has 1 aliphatic rings. The van der Waals surface area contributed by atoms with Crippen LogP contribution in [0.25, 0.3) is 0 Å². The van der Waals surface area contributed by atoms with Crippen molar-refractivity contribution in [3.8, 4) is 0 Å². The van der Waals surface area contributed by atoms with E-state index in [1.54, 1.807) is 0 Å². The molecule has 4 nitrogen and oxygen atoms in total. The van der Waals surface area contributed by atoms with Crippen LogP contribution < -0.4 is 5.73 Å². The van der Waals surface area contributed by atoms with E-state index in [2.05, 4.69) is 4.90 Å². The minimum Gasteiger partial charge on any atom is -0.468 e. The summed E-state index contributed by atoms with van der Waals surface area (Å²) < 4.78 is 4.72. The maximum atomic E-state index is 11.3. The van der Waals surface area contributed by atoms with E-state index < -0.39 is 0 Å². The van der Waals surface area contributed by atoms with Crippen molar-refractivity contribution >= 4 is 5.97 Å². The van der Waals surface area contributed by atoms with E-state index in [4.69, 9.17) is 10.5 Å². The Labute approximate surface area is 85.4 Å². The summed E-state index contributed by atoms with van der Waals surface area (Å²) in [5.41, 5.74) is 5.63. The van der Waals surface area contributed by atoms with Crippen LogP contribution in [-0.2, 0) is 9.53 Å². The van der Waals surface area contributed by atoms with Gasteiger partial charge in [0.2, 0.25) is 0 Å². The van der Waals surface area contributed by atoms with Gasteiger partial charge >= 0.3 is 5.97 Å². The van der Waals surface area contributed by atoms with Crippen molar-refractivity contribution in [2.24, 2.45) is 11.7 Å². The Morgan fingerprint density at radius 1 is 1.71 bits per heavy atom. The monoisotopic (exact) mass is 200 g/mol. The predicted octanol–water partition coefficient (Wildman–Crippen LogP) is 0.219. The van der Waals surface area contributed by atoms with E-state index in [1.165, 1.54) is 13.5 Å². The van der Waals surface area contributed by atoms with Crippen molar-refractivity contribution in [1.82, 2.24) is 4.90 Å². The fourth-order valence-electron chi connectivity index (χ4n) is 1.96. The van der Waals surface area contributed by atoms with E-state index in [9.17, 15) is 4.79 Å². The highest BCUT2D eigenvalue weighted by atomic mass is 16.5. The molecule has 14 heavy (non-hydrogen) atoms. The Kier molecular flexibility index (Phi) is 4.35. The average Bonchev–Trinajstić information content (AvgIpc) is 2.27. The summed E-state index contributed by atoms with van der Waals surface area (Å²) >= 11 is 0. The lowest BCUT2D eigenvalue weighted by Crippen LogP contribution is -2.46. The standard InChI is InChI=1S/C10H20N2O2/c1-8(10(13)14-2)12-5-3-4-9(6-11)7-12/h8-9H,3-7,11H2,1-2H3. The molecule has 1 rings (SSSR count). The Morgan fingerprint density at radius 2 is 2.43 bits per heavy atom. The van der Waals surface area contributed by atoms with Crippen LogP contribution in [0.2, 0.25) is 0 Å². The molecule has 0 spiro atoms. The molecule has 0 aromatic carbocycles. The van der Waals surface area contributed by atoms with Crippen molar-refractivity contribution < 1.29 is 9.53 Å². The summed E-state index contributed by atoms with van der Waals surface area (Å²) in [7, 11) is 1.43. The molecule has 0 bridgehead atoms.